The molecule has 66 valence electrons. The van der Waals surface area contributed by atoms with E-state index >= 15 is 0 Å². The average Bonchev–Trinajstić information content (AvgIpc) is 2.16. The van der Waals surface area contributed by atoms with E-state index < -0.39 is 0 Å². The molecule has 0 aromatic heterocycles. The first-order chi connectivity index (χ1) is 6.29. The van der Waals surface area contributed by atoms with Crippen LogP contribution in [0.1, 0.15) is 15.9 Å². The minimum absolute atomic E-state index is 0.357. The Morgan fingerprint density at radius 3 is 3.15 bits per heavy atom. The molecule has 0 atom stereocenters. The number of fused-ring (bicyclic) bond motifs is 1. The quantitative estimate of drug-likeness (QED) is 0.538. The van der Waals surface area contributed by atoms with Crippen LogP contribution in [0.15, 0.2) is 18.2 Å². The highest BCUT2D eigenvalue weighted by molar-refractivity contribution is 7.80. The lowest BCUT2D eigenvalue weighted by Crippen LogP contribution is -2.30. The number of hydrogen-bond acceptors (Lipinski definition) is 3. The lowest BCUT2D eigenvalue weighted by Gasteiger charge is -2.18. The molecule has 1 aliphatic rings. The van der Waals surface area contributed by atoms with Gasteiger partial charge in [-0.1, -0.05) is 12.1 Å². The predicted octanol–water partition coefficient (Wildman–Crippen LogP) is 1.27. The van der Waals surface area contributed by atoms with Crippen molar-refractivity contribution in [1.82, 2.24) is 5.32 Å². The smallest absolute Gasteiger partial charge is 0.262 e. The Morgan fingerprint density at radius 1 is 1.54 bits per heavy atom. The second-order valence-electron chi connectivity index (χ2n) is 2.73. The first kappa shape index (κ1) is 8.19. The normalized spacial score (nSPS) is 14.0. The van der Waals surface area contributed by atoms with Crippen molar-refractivity contribution in [2.24, 2.45) is 0 Å². The van der Waals surface area contributed by atoms with Crippen molar-refractivity contribution in [2.45, 2.75) is 6.54 Å². The number of carbonyl (C=O) groups is 1. The molecule has 0 bridgehead atoms. The fourth-order valence-electron chi connectivity index (χ4n) is 1.19. The van der Waals surface area contributed by atoms with Gasteiger partial charge in [-0.2, -0.15) is 0 Å². The van der Waals surface area contributed by atoms with E-state index in [1.165, 1.54) is 0 Å². The van der Waals surface area contributed by atoms with E-state index in [4.69, 9.17) is 17.0 Å². The van der Waals surface area contributed by atoms with E-state index in [1.54, 1.807) is 12.1 Å². The van der Waals surface area contributed by atoms with Crippen molar-refractivity contribution in [2.75, 3.05) is 0 Å². The SMILES string of the molecule is O=Cc1ccc2c(c1)OC(=S)NC2. The Kier molecular flexibility index (Phi) is 1.98. The van der Waals surface area contributed by atoms with Gasteiger partial charge in [0.05, 0.1) is 0 Å². The third-order valence-electron chi connectivity index (χ3n) is 1.85. The van der Waals surface area contributed by atoms with Gasteiger partial charge in [0.25, 0.3) is 5.17 Å². The number of nitrogens with one attached hydrogen (secondary N) is 1. The second-order valence-corrected chi connectivity index (χ2v) is 3.10. The second kappa shape index (κ2) is 3.14. The van der Waals surface area contributed by atoms with E-state index in [9.17, 15) is 4.79 Å². The molecule has 0 saturated heterocycles. The van der Waals surface area contributed by atoms with Crippen molar-refractivity contribution >= 4 is 23.7 Å². The molecule has 2 rings (SSSR count). The zero-order chi connectivity index (χ0) is 9.26. The monoisotopic (exact) mass is 193 g/mol. The average molecular weight is 193 g/mol. The zero-order valence-corrected chi connectivity index (χ0v) is 7.56. The summed E-state index contributed by atoms with van der Waals surface area (Å²) < 4.78 is 5.24. The maximum absolute atomic E-state index is 10.5. The Balaban J connectivity index is 2.43. The van der Waals surface area contributed by atoms with Gasteiger partial charge in [-0.05, 0) is 18.3 Å². The third-order valence-corrected chi connectivity index (χ3v) is 2.08. The molecule has 0 aliphatic carbocycles. The van der Waals surface area contributed by atoms with Crippen LogP contribution in [-0.2, 0) is 6.54 Å². The van der Waals surface area contributed by atoms with Crippen LogP contribution in [0.2, 0.25) is 0 Å². The van der Waals surface area contributed by atoms with Gasteiger partial charge in [0.2, 0.25) is 0 Å². The molecule has 1 aromatic carbocycles. The molecular formula is C9H7NO2S. The predicted molar refractivity (Wildman–Crippen MR) is 51.9 cm³/mol. The number of rotatable bonds is 1. The van der Waals surface area contributed by atoms with E-state index in [0.29, 0.717) is 23.0 Å². The van der Waals surface area contributed by atoms with Crippen LogP contribution in [0.5, 0.6) is 5.75 Å². The van der Waals surface area contributed by atoms with Crippen LogP contribution in [0, 0.1) is 0 Å². The molecule has 0 unspecified atom stereocenters. The Morgan fingerprint density at radius 2 is 2.38 bits per heavy atom. The topological polar surface area (TPSA) is 38.3 Å². The summed E-state index contributed by atoms with van der Waals surface area (Å²) in [6.07, 6.45) is 0.786. The summed E-state index contributed by atoms with van der Waals surface area (Å²) in [5.41, 5.74) is 1.61. The van der Waals surface area contributed by atoms with Crippen molar-refractivity contribution in [3.05, 3.63) is 29.3 Å². The number of ether oxygens (including phenoxy) is 1. The zero-order valence-electron chi connectivity index (χ0n) is 6.74. The molecule has 1 heterocycles. The van der Waals surface area contributed by atoms with Crippen LogP contribution < -0.4 is 10.1 Å². The lowest BCUT2D eigenvalue weighted by atomic mass is 10.1. The van der Waals surface area contributed by atoms with Crippen molar-refractivity contribution < 1.29 is 9.53 Å². The molecule has 1 N–H and O–H groups in total. The molecule has 0 saturated carbocycles. The van der Waals surface area contributed by atoms with E-state index in [2.05, 4.69) is 5.32 Å². The highest BCUT2D eigenvalue weighted by Crippen LogP contribution is 2.22. The van der Waals surface area contributed by atoms with E-state index in [1.807, 2.05) is 6.07 Å². The van der Waals surface area contributed by atoms with Gasteiger partial charge in [-0.15, -0.1) is 0 Å². The van der Waals surface area contributed by atoms with Gasteiger partial charge in [0.15, 0.2) is 0 Å². The highest BCUT2D eigenvalue weighted by atomic mass is 32.1. The largest absolute Gasteiger partial charge is 0.432 e. The van der Waals surface area contributed by atoms with Gasteiger partial charge in [-0.3, -0.25) is 4.79 Å². The molecule has 0 fully saturated rings. The number of aldehydes is 1. The Bertz CT molecular complexity index is 376. The van der Waals surface area contributed by atoms with Crippen LogP contribution >= 0.6 is 12.2 Å². The summed E-state index contributed by atoms with van der Waals surface area (Å²) in [6, 6.07) is 5.30. The van der Waals surface area contributed by atoms with Crippen molar-refractivity contribution in [3.63, 3.8) is 0 Å². The van der Waals surface area contributed by atoms with Gasteiger partial charge in [0, 0.05) is 17.7 Å². The minimum atomic E-state index is 0.357. The van der Waals surface area contributed by atoms with Crippen molar-refractivity contribution in [1.29, 1.82) is 0 Å². The molecule has 0 spiro atoms. The summed E-state index contributed by atoms with van der Waals surface area (Å²) in [4.78, 5) is 10.5. The summed E-state index contributed by atoms with van der Waals surface area (Å²) in [5.74, 6) is 0.674. The number of benzene rings is 1. The first-order valence-corrected chi connectivity index (χ1v) is 4.24. The highest BCUT2D eigenvalue weighted by Gasteiger charge is 2.13. The first-order valence-electron chi connectivity index (χ1n) is 3.83. The summed E-state index contributed by atoms with van der Waals surface area (Å²) >= 11 is 4.84. The molecule has 0 amide bonds. The van der Waals surface area contributed by atoms with Crippen LogP contribution in [0.25, 0.3) is 0 Å². The number of hydrogen-bond donors (Lipinski definition) is 1. The fourth-order valence-corrected chi connectivity index (χ4v) is 1.35. The fraction of sp³-hybridized carbons (Fsp3) is 0.111. The van der Waals surface area contributed by atoms with Gasteiger partial charge in [0.1, 0.15) is 12.0 Å². The van der Waals surface area contributed by atoms with Crippen LogP contribution in [0.3, 0.4) is 0 Å². The summed E-state index contributed by atoms with van der Waals surface area (Å²) in [7, 11) is 0. The number of thiocarbonyl (C=S) groups is 1. The Labute approximate surface area is 80.7 Å². The molecule has 13 heavy (non-hydrogen) atoms. The van der Waals surface area contributed by atoms with Crippen molar-refractivity contribution in [3.8, 4) is 5.75 Å². The molecule has 1 aliphatic heterocycles. The molecule has 4 heteroatoms. The van der Waals surface area contributed by atoms with Crippen LogP contribution in [0.4, 0.5) is 0 Å². The van der Waals surface area contributed by atoms with Crippen LogP contribution in [-0.4, -0.2) is 11.5 Å². The van der Waals surface area contributed by atoms with E-state index in [-0.39, 0.29) is 0 Å². The molecule has 0 radical (unpaired) electrons. The van der Waals surface area contributed by atoms with E-state index in [0.717, 1.165) is 11.8 Å². The van der Waals surface area contributed by atoms with Gasteiger partial charge < -0.3 is 10.1 Å². The number of carbonyl (C=O) groups excluding carboxylic acids is 1. The molecule has 1 aromatic rings. The van der Waals surface area contributed by atoms with Gasteiger partial charge >= 0.3 is 0 Å². The third kappa shape index (κ3) is 1.53. The lowest BCUT2D eigenvalue weighted by molar-refractivity contribution is 0.112. The standard InChI is InChI=1S/C9H7NO2S/c11-5-6-1-2-7-4-10-9(13)12-8(7)3-6/h1-3,5H,4H2,(H,10,13). The molecular weight excluding hydrogens is 186 g/mol. The Hall–Kier alpha value is -1.42. The van der Waals surface area contributed by atoms with Gasteiger partial charge in [-0.25, -0.2) is 0 Å². The minimum Gasteiger partial charge on any atom is -0.432 e. The summed E-state index contributed by atoms with van der Waals surface area (Å²) in [6.45, 7) is 0.660. The maximum Gasteiger partial charge on any atom is 0.262 e. The summed E-state index contributed by atoms with van der Waals surface area (Å²) in [5, 5.41) is 3.25. The maximum atomic E-state index is 10.5. The molecule has 3 nitrogen and oxygen atoms in total.